The first kappa shape index (κ1) is 21.4. The number of aliphatic hydroxyl groups is 1. The molecule has 0 spiro atoms. The lowest BCUT2D eigenvalue weighted by molar-refractivity contribution is -0.0253. The maximum atomic E-state index is 12.6. The van der Waals surface area contributed by atoms with E-state index in [9.17, 15) is 5.11 Å². The zero-order valence-electron chi connectivity index (χ0n) is 18.8. The molecule has 1 aliphatic heterocycles. The van der Waals surface area contributed by atoms with E-state index in [0.717, 1.165) is 42.9 Å². The van der Waals surface area contributed by atoms with Crippen molar-refractivity contribution in [3.8, 4) is 0 Å². The van der Waals surface area contributed by atoms with Gasteiger partial charge in [0, 0.05) is 31.9 Å². The molecule has 166 valence electrons. The average Bonchev–Trinajstić information content (AvgIpc) is 2.91. The van der Waals surface area contributed by atoms with Gasteiger partial charge in [0.2, 0.25) is 0 Å². The molecule has 1 atom stereocenters. The summed E-state index contributed by atoms with van der Waals surface area (Å²) in [4.78, 5) is 4.89. The number of anilines is 1. The van der Waals surface area contributed by atoms with Crippen LogP contribution in [0.2, 0.25) is 0 Å². The highest BCUT2D eigenvalue weighted by molar-refractivity contribution is 5.47. The zero-order valence-corrected chi connectivity index (χ0v) is 18.8. The highest BCUT2D eigenvalue weighted by atomic mass is 16.3. The number of benzene rings is 4. The molecule has 0 radical (unpaired) electrons. The van der Waals surface area contributed by atoms with Crippen LogP contribution in [0, 0.1) is 0 Å². The standard InChI is InChI=1S/C30H30N2O/c33-30(26-15-7-2-8-16-26,27-17-9-3-10-18-27)29(25-13-5-1-6-14-25)32-23-21-31(22-24-32)28-19-11-4-12-20-28/h1-20,29,33H,21-24H2/t29-/m1/s1. The van der Waals surface area contributed by atoms with Gasteiger partial charge in [0.1, 0.15) is 5.60 Å². The number of hydrogen-bond donors (Lipinski definition) is 1. The van der Waals surface area contributed by atoms with E-state index in [1.807, 2.05) is 66.7 Å². The maximum Gasteiger partial charge on any atom is 0.134 e. The summed E-state index contributed by atoms with van der Waals surface area (Å²) in [6, 6.07) is 41.1. The molecule has 1 heterocycles. The van der Waals surface area contributed by atoms with Crippen LogP contribution in [0.25, 0.3) is 0 Å². The third kappa shape index (κ3) is 4.30. The lowest BCUT2D eigenvalue weighted by Gasteiger charge is -2.47. The number of nitrogens with zero attached hydrogens (tertiary/aromatic N) is 2. The quantitative estimate of drug-likeness (QED) is 0.435. The maximum absolute atomic E-state index is 12.6. The van der Waals surface area contributed by atoms with Crippen LogP contribution >= 0.6 is 0 Å². The van der Waals surface area contributed by atoms with Gasteiger partial charge in [0.15, 0.2) is 0 Å². The van der Waals surface area contributed by atoms with Crippen LogP contribution in [-0.2, 0) is 5.60 Å². The SMILES string of the molecule is OC(c1ccccc1)(c1ccccc1)[C@@H](c1ccccc1)N1CCN(c2ccccc2)CC1. The summed E-state index contributed by atoms with van der Waals surface area (Å²) in [6.07, 6.45) is 0. The molecule has 0 bridgehead atoms. The van der Waals surface area contributed by atoms with Crippen LogP contribution < -0.4 is 4.90 Å². The van der Waals surface area contributed by atoms with Gasteiger partial charge in [0.05, 0.1) is 6.04 Å². The first-order chi connectivity index (χ1) is 16.3. The van der Waals surface area contributed by atoms with Gasteiger partial charge in [-0.3, -0.25) is 4.90 Å². The van der Waals surface area contributed by atoms with E-state index in [-0.39, 0.29) is 6.04 Å². The van der Waals surface area contributed by atoms with Crippen LogP contribution in [0.5, 0.6) is 0 Å². The van der Waals surface area contributed by atoms with Gasteiger partial charge in [-0.25, -0.2) is 0 Å². The second kappa shape index (κ2) is 9.62. The van der Waals surface area contributed by atoms with Crippen molar-refractivity contribution in [1.82, 2.24) is 4.90 Å². The van der Waals surface area contributed by atoms with Gasteiger partial charge in [-0.05, 0) is 28.8 Å². The van der Waals surface area contributed by atoms with Crippen molar-refractivity contribution < 1.29 is 5.11 Å². The summed E-state index contributed by atoms with van der Waals surface area (Å²) in [6.45, 7) is 3.59. The summed E-state index contributed by atoms with van der Waals surface area (Å²) < 4.78 is 0. The average molecular weight is 435 g/mol. The molecule has 3 nitrogen and oxygen atoms in total. The van der Waals surface area contributed by atoms with Crippen molar-refractivity contribution in [2.45, 2.75) is 11.6 Å². The largest absolute Gasteiger partial charge is 0.378 e. The Bertz CT molecular complexity index is 1090. The summed E-state index contributed by atoms with van der Waals surface area (Å²) in [5.74, 6) is 0. The predicted molar refractivity (Wildman–Crippen MR) is 135 cm³/mol. The number of piperazine rings is 1. The fraction of sp³-hybridized carbons (Fsp3) is 0.200. The Balaban J connectivity index is 1.56. The normalized spacial score (nSPS) is 15.8. The Morgan fingerprint density at radius 2 is 0.970 bits per heavy atom. The van der Waals surface area contributed by atoms with Crippen molar-refractivity contribution in [2.24, 2.45) is 0 Å². The molecule has 1 fully saturated rings. The van der Waals surface area contributed by atoms with Crippen molar-refractivity contribution in [2.75, 3.05) is 31.1 Å². The highest BCUT2D eigenvalue weighted by Crippen LogP contribution is 2.45. The number of para-hydroxylation sites is 1. The van der Waals surface area contributed by atoms with E-state index in [1.165, 1.54) is 5.69 Å². The molecule has 1 saturated heterocycles. The molecule has 4 aromatic rings. The number of rotatable bonds is 6. The Kier molecular flexibility index (Phi) is 6.25. The fourth-order valence-corrected chi connectivity index (χ4v) is 5.10. The predicted octanol–water partition coefficient (Wildman–Crippen LogP) is 5.49. The van der Waals surface area contributed by atoms with Crippen LogP contribution in [0.3, 0.4) is 0 Å². The van der Waals surface area contributed by atoms with Crippen molar-refractivity contribution in [1.29, 1.82) is 0 Å². The minimum absolute atomic E-state index is 0.207. The Labute approximate surface area is 196 Å². The minimum Gasteiger partial charge on any atom is -0.378 e. The Hall–Kier alpha value is -3.40. The molecular weight excluding hydrogens is 404 g/mol. The third-order valence-corrected chi connectivity index (χ3v) is 6.74. The monoisotopic (exact) mass is 434 g/mol. The van der Waals surface area contributed by atoms with Crippen LogP contribution in [0.15, 0.2) is 121 Å². The second-order valence-electron chi connectivity index (χ2n) is 8.67. The molecule has 0 amide bonds. The molecule has 0 unspecified atom stereocenters. The fourth-order valence-electron chi connectivity index (χ4n) is 5.10. The second-order valence-corrected chi connectivity index (χ2v) is 8.67. The number of hydrogen-bond acceptors (Lipinski definition) is 3. The summed E-state index contributed by atoms with van der Waals surface area (Å²) in [5.41, 5.74) is 3.03. The molecule has 33 heavy (non-hydrogen) atoms. The molecular formula is C30H30N2O. The summed E-state index contributed by atoms with van der Waals surface area (Å²) in [7, 11) is 0. The highest BCUT2D eigenvalue weighted by Gasteiger charge is 2.45. The van der Waals surface area contributed by atoms with E-state index < -0.39 is 5.60 Å². The van der Waals surface area contributed by atoms with Crippen molar-refractivity contribution in [3.05, 3.63) is 138 Å². The van der Waals surface area contributed by atoms with E-state index in [1.54, 1.807) is 0 Å². The molecule has 5 rings (SSSR count). The van der Waals surface area contributed by atoms with Gasteiger partial charge in [0.25, 0.3) is 0 Å². The molecule has 0 aliphatic carbocycles. The van der Waals surface area contributed by atoms with Gasteiger partial charge < -0.3 is 10.0 Å². The van der Waals surface area contributed by atoms with Gasteiger partial charge >= 0.3 is 0 Å². The van der Waals surface area contributed by atoms with Gasteiger partial charge in [-0.15, -0.1) is 0 Å². The van der Waals surface area contributed by atoms with Crippen LogP contribution in [-0.4, -0.2) is 36.2 Å². The molecule has 3 heteroatoms. The van der Waals surface area contributed by atoms with E-state index >= 15 is 0 Å². The molecule has 1 N–H and O–H groups in total. The van der Waals surface area contributed by atoms with E-state index in [4.69, 9.17) is 0 Å². The topological polar surface area (TPSA) is 26.7 Å². The zero-order chi connectivity index (χ0) is 22.5. The Morgan fingerprint density at radius 1 is 0.545 bits per heavy atom. The molecule has 1 aliphatic rings. The van der Waals surface area contributed by atoms with Gasteiger partial charge in [-0.1, -0.05) is 109 Å². The molecule has 0 aromatic heterocycles. The van der Waals surface area contributed by atoms with Crippen molar-refractivity contribution in [3.63, 3.8) is 0 Å². The third-order valence-electron chi connectivity index (χ3n) is 6.74. The summed E-state index contributed by atoms with van der Waals surface area (Å²) in [5, 5.41) is 12.6. The molecule has 4 aromatic carbocycles. The van der Waals surface area contributed by atoms with Crippen LogP contribution in [0.1, 0.15) is 22.7 Å². The van der Waals surface area contributed by atoms with Crippen LogP contribution in [0.4, 0.5) is 5.69 Å². The summed E-state index contributed by atoms with van der Waals surface area (Å²) >= 11 is 0. The van der Waals surface area contributed by atoms with E-state index in [2.05, 4.69) is 64.4 Å². The van der Waals surface area contributed by atoms with Gasteiger partial charge in [-0.2, -0.15) is 0 Å². The lowest BCUT2D eigenvalue weighted by Crippen LogP contribution is -2.53. The Morgan fingerprint density at radius 3 is 1.45 bits per heavy atom. The first-order valence-electron chi connectivity index (χ1n) is 11.7. The minimum atomic E-state index is -1.18. The smallest absolute Gasteiger partial charge is 0.134 e. The van der Waals surface area contributed by atoms with E-state index in [0.29, 0.717) is 0 Å². The van der Waals surface area contributed by atoms with Crippen molar-refractivity contribution >= 4 is 5.69 Å². The molecule has 0 saturated carbocycles. The lowest BCUT2D eigenvalue weighted by atomic mass is 9.76. The first-order valence-corrected chi connectivity index (χ1v) is 11.7.